The van der Waals surface area contributed by atoms with Gasteiger partial charge in [-0.15, -0.1) is 11.8 Å². The largest absolute Gasteiger partial charge is 0.459 e. The molecular weight excluding hydrogens is 673 g/mol. The van der Waals surface area contributed by atoms with E-state index in [9.17, 15) is 4.79 Å². The van der Waals surface area contributed by atoms with E-state index in [1.165, 1.54) is 17.6 Å². The van der Waals surface area contributed by atoms with E-state index in [1.54, 1.807) is 0 Å². The first kappa shape index (κ1) is 42.8. The van der Waals surface area contributed by atoms with Gasteiger partial charge >= 0.3 is 5.97 Å². The lowest BCUT2D eigenvalue weighted by Crippen LogP contribution is -2.45. The van der Waals surface area contributed by atoms with Crippen LogP contribution in [0.15, 0.2) is 54.1 Å². The van der Waals surface area contributed by atoms with Crippen LogP contribution in [0.25, 0.3) is 0 Å². The summed E-state index contributed by atoms with van der Waals surface area (Å²) < 4.78 is 20.7. The molecule has 3 aliphatic rings. The molecule has 3 aliphatic carbocycles. The predicted molar refractivity (Wildman–Crippen MR) is 224 cm³/mol. The molecule has 0 spiro atoms. The topological polar surface area (TPSA) is 44.8 Å². The van der Waals surface area contributed by atoms with Crippen LogP contribution in [0.3, 0.4) is 0 Å². The molecule has 1 aromatic rings. The van der Waals surface area contributed by atoms with Crippen molar-refractivity contribution in [2.45, 2.75) is 181 Å². The van der Waals surface area contributed by atoms with Crippen molar-refractivity contribution in [3.8, 4) is 11.8 Å². The molecule has 0 amide bonds. The molecular formula is C46H74O4Si2. The summed E-state index contributed by atoms with van der Waals surface area (Å²) in [7, 11) is -4.02. The molecule has 52 heavy (non-hydrogen) atoms. The molecule has 0 aliphatic heterocycles. The molecule has 4 nitrogen and oxygen atoms in total. The van der Waals surface area contributed by atoms with E-state index >= 15 is 0 Å². The molecule has 1 aromatic carbocycles. The normalized spacial score (nSPS) is 28.0. The number of allylic oxidation sites excluding steroid dienone is 1. The first-order valence-electron chi connectivity index (χ1n) is 20.5. The van der Waals surface area contributed by atoms with Crippen LogP contribution in [0, 0.1) is 41.4 Å². The summed E-state index contributed by atoms with van der Waals surface area (Å²) in [5.74, 6) is 8.12. The van der Waals surface area contributed by atoms with Gasteiger partial charge in [-0.2, -0.15) is 0 Å². The number of hydrogen-bond acceptors (Lipinski definition) is 4. The van der Waals surface area contributed by atoms with E-state index in [0.717, 1.165) is 44.9 Å². The predicted octanol–water partition coefficient (Wildman–Crippen LogP) is 12.4. The summed E-state index contributed by atoms with van der Waals surface area (Å²) in [6.45, 7) is 32.3. The Bertz CT molecular complexity index is 1470. The maximum Gasteiger partial charge on any atom is 0.330 e. The molecule has 0 N–H and O–H groups in total. The summed E-state index contributed by atoms with van der Waals surface area (Å²) >= 11 is 0. The standard InChI is InChI=1S/C46H74O4Si2/c1-15-16-22-33(2)40(49-51(11,12)44(3,4)5)28-27-37-38-30-34(29-35(38)32-42(37)50-52(13,14)45(6,7)8)31-43(47)48-41-26-21-20-25-39(41)46(9,10)36-23-18-17-19-24-36/h17-19,23-24,27-28,31,33,35,37-42H,20-22,25-26,29-30,32H2,1-14H3/b28-27+,34-31+/t33-,35-,37+,38-,39-,40+,41-,42+/m0/s1. The Morgan fingerprint density at radius 2 is 1.54 bits per heavy atom. The molecule has 0 saturated heterocycles. The van der Waals surface area contributed by atoms with E-state index < -0.39 is 16.6 Å². The van der Waals surface area contributed by atoms with Gasteiger partial charge in [0.2, 0.25) is 0 Å². The zero-order valence-electron chi connectivity index (χ0n) is 35.5. The number of fused-ring (bicyclic) bond motifs is 1. The second kappa shape index (κ2) is 16.8. The number of esters is 1. The molecule has 8 atom stereocenters. The van der Waals surface area contributed by atoms with Crippen molar-refractivity contribution in [2.24, 2.45) is 29.6 Å². The van der Waals surface area contributed by atoms with Gasteiger partial charge in [-0.1, -0.05) is 117 Å². The third kappa shape index (κ3) is 10.2. The molecule has 6 heteroatoms. The van der Waals surface area contributed by atoms with E-state index in [-0.39, 0.29) is 45.7 Å². The van der Waals surface area contributed by atoms with Crippen molar-refractivity contribution < 1.29 is 18.4 Å². The molecule has 0 aromatic heterocycles. The summed E-state index contributed by atoms with van der Waals surface area (Å²) in [6, 6.07) is 10.8. The highest BCUT2D eigenvalue weighted by Crippen LogP contribution is 2.53. The van der Waals surface area contributed by atoms with Crippen molar-refractivity contribution in [3.05, 3.63) is 59.7 Å². The number of benzene rings is 1. The van der Waals surface area contributed by atoms with Gasteiger partial charge in [0.05, 0.1) is 12.2 Å². The van der Waals surface area contributed by atoms with Gasteiger partial charge in [0.1, 0.15) is 6.10 Å². The molecule has 290 valence electrons. The first-order valence-corrected chi connectivity index (χ1v) is 26.3. The number of carbonyl (C=O) groups is 1. The van der Waals surface area contributed by atoms with Crippen LogP contribution in [0.4, 0.5) is 0 Å². The monoisotopic (exact) mass is 747 g/mol. The molecule has 3 saturated carbocycles. The van der Waals surface area contributed by atoms with E-state index in [0.29, 0.717) is 23.7 Å². The maximum absolute atomic E-state index is 13.7. The Hall–Kier alpha value is -1.92. The third-order valence-corrected chi connectivity index (χ3v) is 23.0. The average molecular weight is 747 g/mol. The van der Waals surface area contributed by atoms with Crippen LogP contribution in [0.5, 0.6) is 0 Å². The summed E-state index contributed by atoms with van der Waals surface area (Å²) in [4.78, 5) is 13.7. The summed E-state index contributed by atoms with van der Waals surface area (Å²) in [5, 5.41) is 0.261. The quantitative estimate of drug-likeness (QED) is 0.0702. The van der Waals surface area contributed by atoms with Gasteiger partial charge in [-0.05, 0) is 110 Å². The van der Waals surface area contributed by atoms with E-state index in [2.05, 4.69) is 143 Å². The van der Waals surface area contributed by atoms with Gasteiger partial charge in [-0.25, -0.2) is 4.79 Å². The zero-order valence-corrected chi connectivity index (χ0v) is 37.5. The average Bonchev–Trinajstić information content (AvgIpc) is 3.57. The van der Waals surface area contributed by atoms with Gasteiger partial charge < -0.3 is 13.6 Å². The highest BCUT2D eigenvalue weighted by molar-refractivity contribution is 6.74. The van der Waals surface area contributed by atoms with Gasteiger partial charge in [0.15, 0.2) is 16.6 Å². The Morgan fingerprint density at radius 1 is 0.904 bits per heavy atom. The van der Waals surface area contributed by atoms with Crippen molar-refractivity contribution in [1.29, 1.82) is 0 Å². The number of ether oxygens (including phenoxy) is 1. The van der Waals surface area contributed by atoms with Crippen LogP contribution >= 0.6 is 0 Å². The lowest BCUT2D eigenvalue weighted by molar-refractivity contribution is -0.149. The molecule has 0 radical (unpaired) electrons. The van der Waals surface area contributed by atoms with Crippen LogP contribution in [0.1, 0.15) is 126 Å². The fraction of sp³-hybridized carbons (Fsp3) is 0.717. The van der Waals surface area contributed by atoms with E-state index in [4.69, 9.17) is 13.6 Å². The second-order valence-corrected chi connectivity index (χ2v) is 29.7. The second-order valence-electron chi connectivity index (χ2n) is 20.2. The Kier molecular flexibility index (Phi) is 13.9. The van der Waals surface area contributed by atoms with E-state index in [1.807, 2.05) is 13.0 Å². The first-order chi connectivity index (χ1) is 24.1. The van der Waals surface area contributed by atoms with Crippen molar-refractivity contribution in [2.75, 3.05) is 0 Å². The van der Waals surface area contributed by atoms with Crippen molar-refractivity contribution in [1.82, 2.24) is 0 Å². The summed E-state index contributed by atoms with van der Waals surface area (Å²) in [6.07, 6.45) is 15.0. The van der Waals surface area contributed by atoms with Crippen LogP contribution < -0.4 is 0 Å². The molecule has 0 bridgehead atoms. The van der Waals surface area contributed by atoms with Crippen LogP contribution in [-0.2, 0) is 23.8 Å². The minimum Gasteiger partial charge on any atom is -0.459 e. The van der Waals surface area contributed by atoms with Crippen LogP contribution in [-0.4, -0.2) is 40.9 Å². The lowest BCUT2D eigenvalue weighted by atomic mass is 9.66. The van der Waals surface area contributed by atoms with Crippen molar-refractivity contribution in [3.63, 3.8) is 0 Å². The molecule has 4 rings (SSSR count). The Balaban J connectivity index is 1.57. The summed E-state index contributed by atoms with van der Waals surface area (Å²) in [5.41, 5.74) is 2.51. The van der Waals surface area contributed by atoms with Crippen LogP contribution in [0.2, 0.25) is 36.3 Å². The fourth-order valence-corrected chi connectivity index (χ4v) is 11.2. The molecule has 0 heterocycles. The van der Waals surface area contributed by atoms with Gasteiger partial charge in [0.25, 0.3) is 0 Å². The third-order valence-electron chi connectivity index (χ3n) is 14.0. The number of carbonyl (C=O) groups excluding carboxylic acids is 1. The minimum atomic E-state index is -2.02. The Morgan fingerprint density at radius 3 is 2.15 bits per heavy atom. The number of hydrogen-bond donors (Lipinski definition) is 0. The van der Waals surface area contributed by atoms with Crippen molar-refractivity contribution >= 4 is 22.6 Å². The van der Waals surface area contributed by atoms with Gasteiger partial charge in [0, 0.05) is 24.3 Å². The molecule has 3 fully saturated rings. The Labute approximate surface area is 321 Å². The highest BCUT2D eigenvalue weighted by atomic mass is 28.4. The minimum absolute atomic E-state index is 0.00396. The highest BCUT2D eigenvalue weighted by Gasteiger charge is 2.50. The SMILES string of the molecule is CC#CC[C@H](C)[C@@H](/C=C/[C@@H]1[C@H]2C/C(=C/C(=O)O[C@H]3CCCC[C@@H]3C(C)(C)c3ccccc3)C[C@H]2C[C@H]1O[Si](C)(C)C(C)(C)C)O[Si](C)(C)C(C)(C)C. The zero-order chi connectivity index (χ0) is 38.7. The molecule has 0 unspecified atom stereocenters. The smallest absolute Gasteiger partial charge is 0.330 e. The van der Waals surface area contributed by atoms with Gasteiger partial charge in [-0.3, -0.25) is 0 Å². The number of rotatable bonds is 12. The maximum atomic E-state index is 13.7. The lowest BCUT2D eigenvalue weighted by Gasteiger charge is -2.42. The fourth-order valence-electron chi connectivity index (χ4n) is 8.52.